The van der Waals surface area contributed by atoms with Gasteiger partial charge in [0.25, 0.3) is 0 Å². The van der Waals surface area contributed by atoms with Crippen molar-refractivity contribution in [3.05, 3.63) is 42.1 Å². The second kappa shape index (κ2) is 12.2. The number of aromatic nitrogens is 1. The molecule has 2 aliphatic heterocycles. The third-order valence-corrected chi connectivity index (χ3v) is 7.10. The normalized spacial score (nSPS) is 21.1. The van der Waals surface area contributed by atoms with Crippen molar-refractivity contribution in [3.8, 4) is 11.5 Å². The van der Waals surface area contributed by atoms with Crippen molar-refractivity contribution in [2.75, 3.05) is 39.5 Å². The molecule has 36 heavy (non-hydrogen) atoms. The molecule has 3 N–H and O–H groups in total. The number of hydrogen-bond acceptors (Lipinski definition) is 8. The van der Waals surface area contributed by atoms with E-state index in [1.807, 2.05) is 28.0 Å². The van der Waals surface area contributed by atoms with Crippen LogP contribution in [0.1, 0.15) is 50.0 Å². The third-order valence-electron chi connectivity index (χ3n) is 7.10. The average molecular weight is 501 g/mol. The standard InChI is InChI=1S/C26H36N4O6/c1-2-3-11-29(12-4-9-27)24(31)16-30-15-19(18-5-7-21-22(14-18)36-17-35-21)25(26(32)33)20(30)6-8-23-28-10-13-34-23/h5,7,10,13-14,19-20,25H,2-4,6,8-9,11-12,15-17,27H2,1H3,(H,32,33). The highest BCUT2D eigenvalue weighted by molar-refractivity contribution is 5.79. The number of benzene rings is 1. The molecule has 2 aromatic rings. The Morgan fingerprint density at radius 3 is 2.75 bits per heavy atom. The Kier molecular flexibility index (Phi) is 8.82. The molecule has 4 rings (SSSR count). The molecule has 2 aliphatic rings. The summed E-state index contributed by atoms with van der Waals surface area (Å²) in [5.74, 6) is -0.0275. The zero-order valence-corrected chi connectivity index (χ0v) is 20.8. The van der Waals surface area contributed by atoms with E-state index in [4.69, 9.17) is 19.6 Å². The summed E-state index contributed by atoms with van der Waals surface area (Å²) >= 11 is 0. The first kappa shape index (κ1) is 26.0. The number of nitrogens with two attached hydrogens (primary N) is 1. The van der Waals surface area contributed by atoms with Crippen molar-refractivity contribution in [2.45, 2.75) is 51.0 Å². The van der Waals surface area contributed by atoms with E-state index in [1.165, 1.54) is 6.26 Å². The lowest BCUT2D eigenvalue weighted by Crippen LogP contribution is -2.45. The van der Waals surface area contributed by atoms with Crippen LogP contribution in [0, 0.1) is 5.92 Å². The number of amides is 1. The number of likely N-dealkylation sites (tertiary alicyclic amines) is 1. The molecule has 0 bridgehead atoms. The van der Waals surface area contributed by atoms with Crippen molar-refractivity contribution in [3.63, 3.8) is 0 Å². The summed E-state index contributed by atoms with van der Waals surface area (Å²) < 4.78 is 16.4. The fourth-order valence-electron chi connectivity index (χ4n) is 5.25. The highest BCUT2D eigenvalue weighted by atomic mass is 16.7. The number of nitrogens with zero attached hydrogens (tertiary/aromatic N) is 3. The minimum Gasteiger partial charge on any atom is -0.481 e. The van der Waals surface area contributed by atoms with Crippen LogP contribution in [0.2, 0.25) is 0 Å². The molecule has 3 unspecified atom stereocenters. The van der Waals surface area contributed by atoms with Gasteiger partial charge >= 0.3 is 5.97 Å². The second-order valence-corrected chi connectivity index (χ2v) is 9.42. The maximum absolute atomic E-state index is 13.4. The lowest BCUT2D eigenvalue weighted by Gasteiger charge is -2.29. The van der Waals surface area contributed by atoms with E-state index >= 15 is 0 Å². The first-order valence-corrected chi connectivity index (χ1v) is 12.7. The van der Waals surface area contributed by atoms with Gasteiger partial charge in [0.1, 0.15) is 6.26 Å². The molecule has 0 radical (unpaired) electrons. The quantitative estimate of drug-likeness (QED) is 0.426. The lowest BCUT2D eigenvalue weighted by atomic mass is 9.83. The van der Waals surface area contributed by atoms with E-state index in [9.17, 15) is 14.7 Å². The van der Waals surface area contributed by atoms with Gasteiger partial charge in [0.15, 0.2) is 17.4 Å². The molecule has 1 aromatic heterocycles. The van der Waals surface area contributed by atoms with Gasteiger partial charge in [-0.05, 0) is 43.5 Å². The van der Waals surface area contributed by atoms with E-state index < -0.39 is 11.9 Å². The van der Waals surface area contributed by atoms with E-state index in [2.05, 4.69) is 11.9 Å². The minimum atomic E-state index is -0.879. The van der Waals surface area contributed by atoms with Crippen LogP contribution in [0.5, 0.6) is 11.5 Å². The molecule has 0 spiro atoms. The highest BCUT2D eigenvalue weighted by Crippen LogP contribution is 2.43. The van der Waals surface area contributed by atoms with Crippen LogP contribution in [-0.4, -0.2) is 77.3 Å². The van der Waals surface area contributed by atoms with E-state index in [1.54, 1.807) is 6.20 Å². The summed E-state index contributed by atoms with van der Waals surface area (Å²) in [6.45, 7) is 4.67. The molecule has 1 saturated heterocycles. The third kappa shape index (κ3) is 5.99. The molecule has 1 amide bonds. The molecule has 10 heteroatoms. The summed E-state index contributed by atoms with van der Waals surface area (Å²) in [5.41, 5.74) is 6.57. The van der Waals surface area contributed by atoms with Gasteiger partial charge in [0, 0.05) is 38.0 Å². The summed E-state index contributed by atoms with van der Waals surface area (Å²) in [4.78, 5) is 34.1. The maximum atomic E-state index is 13.4. The largest absolute Gasteiger partial charge is 0.481 e. The van der Waals surface area contributed by atoms with Gasteiger partial charge in [-0.15, -0.1) is 0 Å². The first-order valence-electron chi connectivity index (χ1n) is 12.7. The second-order valence-electron chi connectivity index (χ2n) is 9.42. The van der Waals surface area contributed by atoms with Crippen LogP contribution in [0.4, 0.5) is 0 Å². The summed E-state index contributed by atoms with van der Waals surface area (Å²) in [5, 5.41) is 10.3. The Morgan fingerprint density at radius 2 is 2.03 bits per heavy atom. The number of aryl methyl sites for hydroxylation is 1. The minimum absolute atomic E-state index is 0.00787. The topological polar surface area (TPSA) is 131 Å². The zero-order chi connectivity index (χ0) is 25.5. The van der Waals surface area contributed by atoms with Crippen LogP contribution >= 0.6 is 0 Å². The fraction of sp³-hybridized carbons (Fsp3) is 0.577. The number of ether oxygens (including phenoxy) is 2. The van der Waals surface area contributed by atoms with Crippen molar-refractivity contribution in [1.82, 2.24) is 14.8 Å². The Bertz CT molecular complexity index is 1010. The number of hydrogen-bond donors (Lipinski definition) is 2. The van der Waals surface area contributed by atoms with Crippen LogP contribution in [0.25, 0.3) is 0 Å². The molecule has 3 atom stereocenters. The van der Waals surface area contributed by atoms with Crippen molar-refractivity contribution < 1.29 is 28.6 Å². The smallest absolute Gasteiger partial charge is 0.308 e. The van der Waals surface area contributed by atoms with Gasteiger partial charge in [-0.25, -0.2) is 4.98 Å². The van der Waals surface area contributed by atoms with Gasteiger partial charge in [-0.2, -0.15) is 0 Å². The van der Waals surface area contributed by atoms with Gasteiger partial charge in [0.05, 0.1) is 18.7 Å². The molecular weight excluding hydrogens is 464 g/mol. The van der Waals surface area contributed by atoms with Gasteiger partial charge in [-0.3, -0.25) is 14.5 Å². The molecule has 1 aromatic carbocycles. The van der Waals surface area contributed by atoms with Gasteiger partial charge < -0.3 is 29.6 Å². The number of carbonyl (C=O) groups excluding carboxylic acids is 1. The molecule has 196 valence electrons. The number of aliphatic carboxylic acids is 1. The lowest BCUT2D eigenvalue weighted by molar-refractivity contribution is -0.143. The number of fused-ring (bicyclic) bond motifs is 1. The predicted octanol–water partition coefficient (Wildman–Crippen LogP) is 2.48. The van der Waals surface area contributed by atoms with Gasteiger partial charge in [0.2, 0.25) is 12.7 Å². The fourth-order valence-corrected chi connectivity index (χ4v) is 5.25. The molecular formula is C26H36N4O6. The van der Waals surface area contributed by atoms with Crippen LogP contribution in [-0.2, 0) is 16.0 Å². The van der Waals surface area contributed by atoms with E-state index in [0.717, 1.165) is 24.8 Å². The number of oxazole rings is 1. The molecule has 10 nitrogen and oxygen atoms in total. The van der Waals surface area contributed by atoms with E-state index in [0.29, 0.717) is 56.4 Å². The number of carboxylic acid groups (broad SMARTS) is 1. The monoisotopic (exact) mass is 500 g/mol. The van der Waals surface area contributed by atoms with Crippen molar-refractivity contribution in [1.29, 1.82) is 0 Å². The Morgan fingerprint density at radius 1 is 1.22 bits per heavy atom. The van der Waals surface area contributed by atoms with Gasteiger partial charge in [-0.1, -0.05) is 19.4 Å². The SMILES string of the molecule is CCCCN(CCCN)C(=O)CN1CC(c2ccc3c(c2)OCO3)C(C(=O)O)C1CCc1ncco1. The average Bonchev–Trinajstić information content (AvgIpc) is 3.62. The summed E-state index contributed by atoms with van der Waals surface area (Å²) in [6, 6.07) is 5.25. The number of rotatable bonds is 13. The Hall–Kier alpha value is -3.11. The number of carbonyl (C=O) groups is 2. The summed E-state index contributed by atoms with van der Waals surface area (Å²) in [7, 11) is 0. The molecule has 1 fully saturated rings. The van der Waals surface area contributed by atoms with Crippen LogP contribution in [0.15, 0.2) is 35.1 Å². The highest BCUT2D eigenvalue weighted by Gasteiger charge is 2.47. The van der Waals surface area contributed by atoms with Crippen LogP contribution < -0.4 is 15.2 Å². The van der Waals surface area contributed by atoms with Crippen LogP contribution in [0.3, 0.4) is 0 Å². The van der Waals surface area contributed by atoms with Crippen molar-refractivity contribution in [2.24, 2.45) is 11.7 Å². The Labute approximate surface area is 211 Å². The number of unbranched alkanes of at least 4 members (excludes halogenated alkanes) is 1. The Balaban J connectivity index is 1.58. The summed E-state index contributed by atoms with van der Waals surface area (Å²) in [6.07, 6.45) is 6.75. The van der Waals surface area contributed by atoms with Crippen molar-refractivity contribution >= 4 is 11.9 Å². The zero-order valence-electron chi connectivity index (χ0n) is 20.8. The maximum Gasteiger partial charge on any atom is 0.308 e. The molecule has 3 heterocycles. The predicted molar refractivity (Wildman–Crippen MR) is 132 cm³/mol. The molecule has 0 saturated carbocycles. The molecule has 0 aliphatic carbocycles. The number of carboxylic acids is 1. The van der Waals surface area contributed by atoms with E-state index in [-0.39, 0.29) is 31.2 Å². The first-order chi connectivity index (χ1) is 17.5.